The second-order valence-corrected chi connectivity index (χ2v) is 5.08. The van der Waals surface area contributed by atoms with E-state index in [0.717, 1.165) is 5.39 Å². The molecule has 0 radical (unpaired) electrons. The standard InChI is InChI=1S/C17H20N2O6/c1-2-23-9-5-8-18-17(22)19-15(20)11-24-16(21)14-10-12-6-3-4-7-13(12)25-14/h3-4,6-7,10H,2,5,8-9,11H2,1H3,(H2,18,19,20,22). The van der Waals surface area contributed by atoms with Crippen LogP contribution in [0.5, 0.6) is 0 Å². The van der Waals surface area contributed by atoms with E-state index in [4.69, 9.17) is 13.9 Å². The van der Waals surface area contributed by atoms with Crippen LogP contribution in [0.2, 0.25) is 0 Å². The van der Waals surface area contributed by atoms with Crippen LogP contribution in [-0.2, 0) is 14.3 Å². The second kappa shape index (κ2) is 9.43. The van der Waals surface area contributed by atoms with Gasteiger partial charge in [-0.15, -0.1) is 0 Å². The van der Waals surface area contributed by atoms with Crippen molar-refractivity contribution >= 4 is 28.9 Å². The molecule has 0 bridgehead atoms. The summed E-state index contributed by atoms with van der Waals surface area (Å²) in [5, 5.41) is 5.32. The average Bonchev–Trinajstić information content (AvgIpc) is 3.03. The minimum atomic E-state index is -0.775. The highest BCUT2D eigenvalue weighted by atomic mass is 16.5. The Morgan fingerprint density at radius 3 is 2.76 bits per heavy atom. The number of fused-ring (bicyclic) bond motifs is 1. The molecule has 2 rings (SSSR count). The van der Waals surface area contributed by atoms with Gasteiger partial charge in [-0.1, -0.05) is 18.2 Å². The smallest absolute Gasteiger partial charge is 0.374 e. The Morgan fingerprint density at radius 1 is 1.20 bits per heavy atom. The Balaban J connectivity index is 1.70. The van der Waals surface area contributed by atoms with Crippen LogP contribution in [0.1, 0.15) is 23.9 Å². The molecule has 8 nitrogen and oxygen atoms in total. The molecule has 25 heavy (non-hydrogen) atoms. The Bertz CT molecular complexity index is 707. The Hall–Kier alpha value is -2.87. The number of para-hydroxylation sites is 1. The van der Waals surface area contributed by atoms with Crippen LogP contribution in [0.15, 0.2) is 34.7 Å². The van der Waals surface area contributed by atoms with E-state index in [9.17, 15) is 14.4 Å². The lowest BCUT2D eigenvalue weighted by Gasteiger charge is -2.07. The molecule has 2 N–H and O–H groups in total. The lowest BCUT2D eigenvalue weighted by Crippen LogP contribution is -2.41. The highest BCUT2D eigenvalue weighted by Crippen LogP contribution is 2.19. The van der Waals surface area contributed by atoms with Crippen molar-refractivity contribution in [3.63, 3.8) is 0 Å². The molecule has 0 aliphatic carbocycles. The topological polar surface area (TPSA) is 107 Å². The van der Waals surface area contributed by atoms with E-state index in [2.05, 4.69) is 10.6 Å². The van der Waals surface area contributed by atoms with Gasteiger partial charge in [0, 0.05) is 25.1 Å². The van der Waals surface area contributed by atoms with E-state index in [0.29, 0.717) is 31.8 Å². The van der Waals surface area contributed by atoms with Crippen molar-refractivity contribution in [2.75, 3.05) is 26.4 Å². The highest BCUT2D eigenvalue weighted by Gasteiger charge is 2.16. The summed E-state index contributed by atoms with van der Waals surface area (Å²) in [6.07, 6.45) is 0.635. The molecule has 8 heteroatoms. The monoisotopic (exact) mass is 348 g/mol. The van der Waals surface area contributed by atoms with Gasteiger partial charge in [0.2, 0.25) is 5.76 Å². The number of amides is 3. The fourth-order valence-corrected chi connectivity index (χ4v) is 2.01. The van der Waals surface area contributed by atoms with Crippen LogP contribution in [0.25, 0.3) is 11.0 Å². The van der Waals surface area contributed by atoms with Gasteiger partial charge in [0.15, 0.2) is 6.61 Å². The van der Waals surface area contributed by atoms with Crippen LogP contribution < -0.4 is 10.6 Å². The highest BCUT2D eigenvalue weighted by molar-refractivity contribution is 5.97. The van der Waals surface area contributed by atoms with E-state index in [1.807, 2.05) is 13.0 Å². The van der Waals surface area contributed by atoms with Gasteiger partial charge >= 0.3 is 12.0 Å². The molecule has 0 aliphatic rings. The van der Waals surface area contributed by atoms with Gasteiger partial charge in [-0.25, -0.2) is 9.59 Å². The third-order valence-corrected chi connectivity index (χ3v) is 3.17. The van der Waals surface area contributed by atoms with Crippen LogP contribution >= 0.6 is 0 Å². The number of benzene rings is 1. The molecule has 0 fully saturated rings. The van der Waals surface area contributed by atoms with Crippen molar-refractivity contribution in [3.8, 4) is 0 Å². The number of carbonyl (C=O) groups excluding carboxylic acids is 3. The zero-order valence-corrected chi connectivity index (χ0v) is 13.9. The second-order valence-electron chi connectivity index (χ2n) is 5.08. The summed E-state index contributed by atoms with van der Waals surface area (Å²) in [6, 6.07) is 7.98. The summed E-state index contributed by atoms with van der Waals surface area (Å²) in [7, 11) is 0. The molecule has 0 saturated carbocycles. The number of furan rings is 1. The Labute approximate surface area is 144 Å². The summed E-state index contributed by atoms with van der Waals surface area (Å²) in [6.45, 7) is 2.81. The quantitative estimate of drug-likeness (QED) is 0.557. The first-order chi connectivity index (χ1) is 12.1. The van der Waals surface area contributed by atoms with Gasteiger partial charge < -0.3 is 19.2 Å². The lowest BCUT2D eigenvalue weighted by molar-refractivity contribution is -0.123. The maximum absolute atomic E-state index is 11.9. The molecule has 0 unspecified atom stereocenters. The van der Waals surface area contributed by atoms with E-state index in [1.54, 1.807) is 18.2 Å². The van der Waals surface area contributed by atoms with Crippen molar-refractivity contribution in [1.82, 2.24) is 10.6 Å². The predicted molar refractivity (Wildman–Crippen MR) is 89.1 cm³/mol. The van der Waals surface area contributed by atoms with Gasteiger partial charge in [0.1, 0.15) is 5.58 Å². The average molecular weight is 348 g/mol. The Kier molecular flexibility index (Phi) is 6.97. The summed E-state index contributed by atoms with van der Waals surface area (Å²) in [5.74, 6) is -1.51. The van der Waals surface area contributed by atoms with Crippen molar-refractivity contribution in [2.24, 2.45) is 0 Å². The molecular formula is C17H20N2O6. The van der Waals surface area contributed by atoms with Crippen molar-refractivity contribution in [3.05, 3.63) is 36.1 Å². The maximum Gasteiger partial charge on any atom is 0.374 e. The number of urea groups is 1. The minimum Gasteiger partial charge on any atom is -0.450 e. The molecule has 2 aromatic rings. The van der Waals surface area contributed by atoms with Crippen LogP contribution in [0.3, 0.4) is 0 Å². The van der Waals surface area contributed by atoms with Crippen molar-refractivity contribution in [2.45, 2.75) is 13.3 Å². The minimum absolute atomic E-state index is 0.00521. The predicted octanol–water partition coefficient (Wildman–Crippen LogP) is 1.84. The maximum atomic E-state index is 11.9. The van der Waals surface area contributed by atoms with Crippen LogP contribution in [-0.4, -0.2) is 44.3 Å². The first-order valence-electron chi connectivity index (χ1n) is 7.91. The number of hydrogen-bond donors (Lipinski definition) is 2. The van der Waals surface area contributed by atoms with Crippen LogP contribution in [0.4, 0.5) is 4.79 Å². The molecular weight excluding hydrogens is 328 g/mol. The number of nitrogens with one attached hydrogen (secondary N) is 2. The first kappa shape index (κ1) is 18.5. The molecule has 0 saturated heterocycles. The number of esters is 1. The molecule has 1 aromatic heterocycles. The number of imide groups is 1. The molecule has 3 amide bonds. The van der Waals surface area contributed by atoms with Gasteiger partial charge in [-0.2, -0.15) is 0 Å². The third-order valence-electron chi connectivity index (χ3n) is 3.17. The fraction of sp³-hybridized carbons (Fsp3) is 0.353. The third kappa shape index (κ3) is 5.92. The number of carbonyl (C=O) groups is 3. The number of ether oxygens (including phenoxy) is 2. The van der Waals surface area contributed by atoms with Gasteiger partial charge in [-0.05, 0) is 25.5 Å². The van der Waals surface area contributed by atoms with E-state index in [-0.39, 0.29) is 5.76 Å². The molecule has 1 aromatic carbocycles. The van der Waals surface area contributed by atoms with Gasteiger partial charge in [0.05, 0.1) is 0 Å². The zero-order chi connectivity index (χ0) is 18.1. The Morgan fingerprint density at radius 2 is 2.00 bits per heavy atom. The summed E-state index contributed by atoms with van der Waals surface area (Å²) in [4.78, 5) is 34.9. The summed E-state index contributed by atoms with van der Waals surface area (Å²) < 4.78 is 15.3. The number of rotatable bonds is 8. The van der Waals surface area contributed by atoms with E-state index >= 15 is 0 Å². The first-order valence-corrected chi connectivity index (χ1v) is 7.91. The molecule has 0 spiro atoms. The van der Waals surface area contributed by atoms with E-state index < -0.39 is 24.5 Å². The lowest BCUT2D eigenvalue weighted by atomic mass is 10.2. The fourth-order valence-electron chi connectivity index (χ4n) is 2.01. The largest absolute Gasteiger partial charge is 0.450 e. The van der Waals surface area contributed by atoms with Gasteiger partial charge in [-0.3, -0.25) is 10.1 Å². The normalized spacial score (nSPS) is 10.4. The SMILES string of the molecule is CCOCCCNC(=O)NC(=O)COC(=O)c1cc2ccccc2o1. The molecule has 0 atom stereocenters. The molecule has 134 valence electrons. The summed E-state index contributed by atoms with van der Waals surface area (Å²) in [5.41, 5.74) is 0.547. The zero-order valence-electron chi connectivity index (χ0n) is 13.9. The van der Waals surface area contributed by atoms with Crippen LogP contribution in [0, 0.1) is 0 Å². The summed E-state index contributed by atoms with van der Waals surface area (Å²) >= 11 is 0. The molecule has 0 aliphatic heterocycles. The molecule has 1 heterocycles. The van der Waals surface area contributed by atoms with Gasteiger partial charge in [0.25, 0.3) is 5.91 Å². The number of hydrogen-bond acceptors (Lipinski definition) is 6. The van der Waals surface area contributed by atoms with E-state index in [1.165, 1.54) is 6.07 Å². The van der Waals surface area contributed by atoms with Crippen molar-refractivity contribution < 1.29 is 28.3 Å². The van der Waals surface area contributed by atoms with Crippen molar-refractivity contribution in [1.29, 1.82) is 0 Å².